The van der Waals surface area contributed by atoms with Gasteiger partial charge in [-0.05, 0) is 25.1 Å². The summed E-state index contributed by atoms with van der Waals surface area (Å²) in [6.45, 7) is 2.04. The van der Waals surface area contributed by atoms with E-state index in [4.69, 9.17) is 14.6 Å². The van der Waals surface area contributed by atoms with Gasteiger partial charge in [-0.15, -0.1) is 0 Å². The first-order valence-corrected chi connectivity index (χ1v) is 7.46. The van der Waals surface area contributed by atoms with Crippen molar-refractivity contribution in [2.75, 3.05) is 0 Å². The Morgan fingerprint density at radius 2 is 2.13 bits per heavy atom. The number of benzene rings is 2. The number of ether oxygens (including phenoxy) is 2. The Morgan fingerprint density at radius 1 is 1.30 bits per heavy atom. The van der Waals surface area contributed by atoms with Gasteiger partial charge in [0.25, 0.3) is 0 Å². The summed E-state index contributed by atoms with van der Waals surface area (Å²) in [6, 6.07) is 10.3. The summed E-state index contributed by atoms with van der Waals surface area (Å²) in [5.41, 5.74) is 2.39. The van der Waals surface area contributed by atoms with Crippen molar-refractivity contribution in [3.8, 4) is 11.5 Å². The van der Waals surface area contributed by atoms with Crippen molar-refractivity contribution in [2.45, 2.75) is 25.6 Å². The number of aryl methyl sites for hydroxylation is 1. The molecule has 3 atom stereocenters. The van der Waals surface area contributed by atoms with E-state index in [1.165, 1.54) is 6.07 Å². The molecule has 2 aromatic carbocycles. The predicted octanol–water partition coefficient (Wildman–Crippen LogP) is 3.27. The summed E-state index contributed by atoms with van der Waals surface area (Å²) < 4.78 is 25.0. The number of hydrogen-bond donors (Lipinski definition) is 1. The number of hydrogen-bond acceptors (Lipinski definition) is 3. The lowest BCUT2D eigenvalue weighted by atomic mass is 10.1. The predicted molar refractivity (Wildman–Crippen MR) is 80.2 cm³/mol. The zero-order valence-electron chi connectivity index (χ0n) is 12.5. The van der Waals surface area contributed by atoms with E-state index < -0.39 is 11.9 Å². The van der Waals surface area contributed by atoms with Crippen molar-refractivity contribution in [1.82, 2.24) is 0 Å². The summed E-state index contributed by atoms with van der Waals surface area (Å²) in [7, 11) is 0. The monoisotopic (exact) mass is 314 g/mol. The van der Waals surface area contributed by atoms with Crippen LogP contribution in [0.4, 0.5) is 4.39 Å². The molecule has 0 aromatic heterocycles. The maximum atomic E-state index is 13.7. The fourth-order valence-corrected chi connectivity index (χ4v) is 3.20. The molecule has 5 heteroatoms. The number of rotatable bonds is 4. The highest BCUT2D eigenvalue weighted by Crippen LogP contribution is 2.58. The lowest BCUT2D eigenvalue weighted by molar-refractivity contribution is -0.139. The Hall–Kier alpha value is -2.56. The van der Waals surface area contributed by atoms with Gasteiger partial charge in [0.2, 0.25) is 0 Å². The van der Waals surface area contributed by atoms with Gasteiger partial charge in [0, 0.05) is 23.1 Å². The summed E-state index contributed by atoms with van der Waals surface area (Å²) in [4.78, 5) is 11.0. The first-order chi connectivity index (χ1) is 11.0. The molecule has 118 valence electrons. The SMILES string of the molecule is Cc1ccc(F)c(COc2ccc3c(c2)O[C@H]2[C@H](C(=O)O)[C@@H]32)c1. The topological polar surface area (TPSA) is 55.8 Å². The lowest BCUT2D eigenvalue weighted by Crippen LogP contribution is -2.08. The molecule has 0 unspecified atom stereocenters. The molecule has 2 aromatic rings. The third-order valence-corrected chi connectivity index (χ3v) is 4.44. The molecule has 0 amide bonds. The second-order valence-corrected chi connectivity index (χ2v) is 6.06. The first kappa shape index (κ1) is 14.1. The van der Waals surface area contributed by atoms with E-state index in [9.17, 15) is 9.18 Å². The number of fused-ring (bicyclic) bond motifs is 3. The van der Waals surface area contributed by atoms with Crippen molar-refractivity contribution in [3.05, 3.63) is 58.9 Å². The standard InChI is InChI=1S/C18H15FO4/c1-9-2-5-13(19)10(6-9)8-22-11-3-4-12-14(7-11)23-17-15(12)16(17)18(20)21/h2-7,15-17H,8H2,1H3,(H,20,21)/t15-,16-,17-/m1/s1. The molecule has 4 rings (SSSR count). The van der Waals surface area contributed by atoms with Gasteiger partial charge in [0.1, 0.15) is 35.9 Å². The Morgan fingerprint density at radius 3 is 2.91 bits per heavy atom. The molecular formula is C18H15FO4. The molecule has 0 saturated heterocycles. The highest BCUT2D eigenvalue weighted by Gasteiger charge is 2.63. The van der Waals surface area contributed by atoms with E-state index in [2.05, 4.69) is 0 Å². The van der Waals surface area contributed by atoms with E-state index in [0.29, 0.717) is 17.1 Å². The highest BCUT2D eigenvalue weighted by molar-refractivity contribution is 5.79. The maximum absolute atomic E-state index is 13.7. The minimum atomic E-state index is -0.819. The minimum absolute atomic E-state index is 0.0502. The molecule has 1 saturated carbocycles. The average molecular weight is 314 g/mol. The zero-order chi connectivity index (χ0) is 16.1. The highest BCUT2D eigenvalue weighted by atomic mass is 19.1. The van der Waals surface area contributed by atoms with Crippen molar-refractivity contribution in [1.29, 1.82) is 0 Å². The third kappa shape index (κ3) is 2.32. The van der Waals surface area contributed by atoms with Gasteiger partial charge in [-0.3, -0.25) is 4.79 Å². The largest absolute Gasteiger partial charge is 0.489 e. The fourth-order valence-electron chi connectivity index (χ4n) is 3.20. The quantitative estimate of drug-likeness (QED) is 0.941. The van der Waals surface area contributed by atoms with E-state index in [1.54, 1.807) is 24.3 Å². The van der Waals surface area contributed by atoms with Crippen LogP contribution in [0.3, 0.4) is 0 Å². The molecule has 2 aliphatic rings. The Balaban J connectivity index is 1.48. The van der Waals surface area contributed by atoms with Gasteiger partial charge in [-0.25, -0.2) is 4.39 Å². The maximum Gasteiger partial charge on any atom is 0.311 e. The molecule has 23 heavy (non-hydrogen) atoms. The van der Waals surface area contributed by atoms with Gasteiger partial charge in [-0.1, -0.05) is 17.7 Å². The van der Waals surface area contributed by atoms with E-state index >= 15 is 0 Å². The Labute approximate surface area is 132 Å². The summed E-state index contributed by atoms with van der Waals surface area (Å²) in [5.74, 6) is -0.349. The second-order valence-electron chi connectivity index (χ2n) is 6.06. The van der Waals surface area contributed by atoms with Crippen LogP contribution >= 0.6 is 0 Å². The molecule has 1 fully saturated rings. The number of aliphatic carboxylic acids is 1. The minimum Gasteiger partial charge on any atom is -0.489 e. The normalized spacial score (nSPS) is 23.7. The van der Waals surface area contributed by atoms with E-state index in [-0.39, 0.29) is 24.4 Å². The number of carbonyl (C=O) groups is 1. The summed E-state index contributed by atoms with van der Waals surface area (Å²) in [6.07, 6.45) is -0.257. The van der Waals surface area contributed by atoms with Crippen molar-refractivity contribution < 1.29 is 23.8 Å². The molecule has 0 bridgehead atoms. The zero-order valence-corrected chi connectivity index (χ0v) is 12.5. The summed E-state index contributed by atoms with van der Waals surface area (Å²) in [5, 5.41) is 9.06. The molecule has 1 aliphatic heterocycles. The first-order valence-electron chi connectivity index (χ1n) is 7.46. The van der Waals surface area contributed by atoms with Gasteiger partial charge in [0.15, 0.2) is 0 Å². The van der Waals surface area contributed by atoms with Crippen LogP contribution in [0.25, 0.3) is 0 Å². The summed E-state index contributed by atoms with van der Waals surface area (Å²) >= 11 is 0. The van der Waals surface area contributed by atoms with E-state index in [1.807, 2.05) is 13.0 Å². The molecule has 1 aliphatic carbocycles. The fraction of sp³-hybridized carbons (Fsp3) is 0.278. The van der Waals surface area contributed by atoms with Crippen LogP contribution in [0, 0.1) is 18.7 Å². The van der Waals surface area contributed by atoms with Crippen molar-refractivity contribution in [2.24, 2.45) is 5.92 Å². The van der Waals surface area contributed by atoms with Crippen LogP contribution in [0.5, 0.6) is 11.5 Å². The van der Waals surface area contributed by atoms with Crippen molar-refractivity contribution >= 4 is 5.97 Å². The van der Waals surface area contributed by atoms with Crippen LogP contribution in [-0.4, -0.2) is 17.2 Å². The van der Waals surface area contributed by atoms with Crippen molar-refractivity contribution in [3.63, 3.8) is 0 Å². The van der Waals surface area contributed by atoms with Gasteiger partial charge in [-0.2, -0.15) is 0 Å². The van der Waals surface area contributed by atoms with Crippen LogP contribution in [-0.2, 0) is 11.4 Å². The smallest absolute Gasteiger partial charge is 0.311 e. The second kappa shape index (κ2) is 4.98. The number of halogens is 1. The Kier molecular flexibility index (Phi) is 3.04. The molecule has 0 radical (unpaired) electrons. The lowest BCUT2D eigenvalue weighted by Gasteiger charge is -2.11. The Bertz CT molecular complexity index is 802. The third-order valence-electron chi connectivity index (χ3n) is 4.44. The van der Waals surface area contributed by atoms with Crippen LogP contribution in [0.1, 0.15) is 22.6 Å². The molecule has 0 spiro atoms. The van der Waals surface area contributed by atoms with Crippen LogP contribution in [0.15, 0.2) is 36.4 Å². The molecular weight excluding hydrogens is 299 g/mol. The van der Waals surface area contributed by atoms with Gasteiger partial charge >= 0.3 is 5.97 Å². The van der Waals surface area contributed by atoms with Crippen LogP contribution < -0.4 is 9.47 Å². The number of carboxylic acid groups (broad SMARTS) is 1. The van der Waals surface area contributed by atoms with Crippen LogP contribution in [0.2, 0.25) is 0 Å². The number of carboxylic acids is 1. The van der Waals surface area contributed by atoms with Gasteiger partial charge < -0.3 is 14.6 Å². The molecule has 1 heterocycles. The molecule has 4 nitrogen and oxygen atoms in total. The molecule has 1 N–H and O–H groups in total. The van der Waals surface area contributed by atoms with E-state index in [0.717, 1.165) is 11.1 Å². The average Bonchev–Trinajstić information content (AvgIpc) is 3.11. The van der Waals surface area contributed by atoms with Gasteiger partial charge in [0.05, 0.1) is 0 Å².